The third-order valence-corrected chi connectivity index (χ3v) is 5.36. The molecule has 0 heterocycles. The molecule has 17 heavy (non-hydrogen) atoms. The highest BCUT2D eigenvalue weighted by molar-refractivity contribution is 9.10. The predicted octanol–water partition coefficient (Wildman–Crippen LogP) is 3.13. The molecule has 1 unspecified atom stereocenters. The Morgan fingerprint density at radius 1 is 1.53 bits per heavy atom. The standard InChI is InChI=1S/C10H13BrClNO2S2/c1-7(6-16-2)13-17(14,15)10-4-3-8(11)5-9(10)12/h3-5,7,13H,6H2,1-2H3. The van der Waals surface area contributed by atoms with Crippen LogP contribution >= 0.6 is 39.3 Å². The van der Waals surface area contributed by atoms with Crippen LogP contribution in [0.25, 0.3) is 0 Å². The molecular formula is C10H13BrClNO2S2. The summed E-state index contributed by atoms with van der Waals surface area (Å²) in [5.74, 6) is 0.716. The average molecular weight is 359 g/mol. The Morgan fingerprint density at radius 3 is 2.71 bits per heavy atom. The predicted molar refractivity (Wildman–Crippen MR) is 77.3 cm³/mol. The Hall–Kier alpha value is 0.250. The summed E-state index contributed by atoms with van der Waals surface area (Å²) in [5.41, 5.74) is 0. The second-order valence-electron chi connectivity index (χ2n) is 3.55. The maximum absolute atomic E-state index is 12.0. The lowest BCUT2D eigenvalue weighted by Gasteiger charge is -2.13. The topological polar surface area (TPSA) is 46.2 Å². The molecular weight excluding hydrogens is 346 g/mol. The third-order valence-electron chi connectivity index (χ3n) is 1.96. The average Bonchev–Trinajstić information content (AvgIpc) is 2.15. The van der Waals surface area contributed by atoms with Gasteiger partial charge in [0.2, 0.25) is 10.0 Å². The van der Waals surface area contributed by atoms with Crippen molar-refractivity contribution in [3.8, 4) is 0 Å². The minimum atomic E-state index is -3.55. The molecule has 0 spiro atoms. The maximum atomic E-state index is 12.0. The highest BCUT2D eigenvalue weighted by atomic mass is 79.9. The lowest BCUT2D eigenvalue weighted by atomic mass is 10.4. The van der Waals surface area contributed by atoms with Gasteiger partial charge in [0.15, 0.2) is 0 Å². The molecule has 0 aliphatic carbocycles. The van der Waals surface area contributed by atoms with E-state index in [1.54, 1.807) is 23.9 Å². The van der Waals surface area contributed by atoms with Crippen LogP contribution in [0.3, 0.4) is 0 Å². The van der Waals surface area contributed by atoms with Gasteiger partial charge in [0.1, 0.15) is 4.90 Å². The SMILES string of the molecule is CSCC(C)NS(=O)(=O)c1ccc(Br)cc1Cl. The monoisotopic (exact) mass is 357 g/mol. The summed E-state index contributed by atoms with van der Waals surface area (Å²) in [4.78, 5) is 0.107. The minimum absolute atomic E-state index is 0.107. The fourth-order valence-electron chi connectivity index (χ4n) is 1.31. The van der Waals surface area contributed by atoms with Gasteiger partial charge in [-0.2, -0.15) is 11.8 Å². The van der Waals surface area contributed by atoms with E-state index >= 15 is 0 Å². The molecule has 1 aromatic rings. The molecule has 1 atom stereocenters. The quantitative estimate of drug-likeness (QED) is 0.879. The van der Waals surface area contributed by atoms with Crippen LogP contribution in [-0.2, 0) is 10.0 Å². The molecule has 0 fully saturated rings. The lowest BCUT2D eigenvalue weighted by Crippen LogP contribution is -2.34. The second-order valence-corrected chi connectivity index (χ2v) is 7.47. The Morgan fingerprint density at radius 2 is 2.18 bits per heavy atom. The Balaban J connectivity index is 2.97. The normalized spacial score (nSPS) is 13.6. The molecule has 0 aliphatic heterocycles. The van der Waals surface area contributed by atoms with E-state index in [1.807, 2.05) is 13.2 Å². The number of benzene rings is 1. The number of halogens is 2. The summed E-state index contributed by atoms with van der Waals surface area (Å²) < 4.78 is 27.4. The summed E-state index contributed by atoms with van der Waals surface area (Å²) in [6.45, 7) is 1.82. The van der Waals surface area contributed by atoms with Crippen molar-refractivity contribution in [1.82, 2.24) is 4.72 Å². The molecule has 96 valence electrons. The van der Waals surface area contributed by atoms with Crippen LogP contribution in [0.1, 0.15) is 6.92 Å². The van der Waals surface area contributed by atoms with Crippen molar-refractivity contribution in [2.75, 3.05) is 12.0 Å². The molecule has 0 saturated carbocycles. The van der Waals surface area contributed by atoms with E-state index in [9.17, 15) is 8.42 Å². The largest absolute Gasteiger partial charge is 0.242 e. The van der Waals surface area contributed by atoms with Crippen LogP contribution in [0, 0.1) is 0 Å². The molecule has 1 aromatic carbocycles. The van der Waals surface area contributed by atoms with Crippen molar-refractivity contribution in [1.29, 1.82) is 0 Å². The number of nitrogens with one attached hydrogen (secondary N) is 1. The zero-order valence-electron chi connectivity index (χ0n) is 9.41. The third kappa shape index (κ3) is 4.44. The van der Waals surface area contributed by atoms with E-state index in [0.717, 1.165) is 4.47 Å². The van der Waals surface area contributed by atoms with Gasteiger partial charge in [-0.25, -0.2) is 13.1 Å². The second kappa shape index (κ2) is 6.43. The summed E-state index contributed by atoms with van der Waals surface area (Å²) >= 11 is 10.7. The van der Waals surface area contributed by atoms with Crippen LogP contribution in [0.15, 0.2) is 27.6 Å². The fourth-order valence-corrected chi connectivity index (χ4v) is 4.28. The van der Waals surface area contributed by atoms with Crippen LogP contribution in [0.4, 0.5) is 0 Å². The van der Waals surface area contributed by atoms with Crippen molar-refractivity contribution < 1.29 is 8.42 Å². The number of hydrogen-bond donors (Lipinski definition) is 1. The molecule has 1 N–H and O–H groups in total. The smallest absolute Gasteiger partial charge is 0.207 e. The Bertz CT molecular complexity index is 493. The van der Waals surface area contributed by atoms with Crippen molar-refractivity contribution in [3.63, 3.8) is 0 Å². The van der Waals surface area contributed by atoms with Crippen LogP contribution < -0.4 is 4.72 Å². The highest BCUT2D eigenvalue weighted by Gasteiger charge is 2.20. The number of thioether (sulfide) groups is 1. The van der Waals surface area contributed by atoms with E-state index < -0.39 is 10.0 Å². The number of rotatable bonds is 5. The first-order valence-electron chi connectivity index (χ1n) is 4.83. The number of hydrogen-bond acceptors (Lipinski definition) is 3. The molecule has 3 nitrogen and oxygen atoms in total. The van der Waals surface area contributed by atoms with Gasteiger partial charge in [0.25, 0.3) is 0 Å². The number of sulfonamides is 1. The molecule has 0 saturated heterocycles. The lowest BCUT2D eigenvalue weighted by molar-refractivity contribution is 0.571. The zero-order chi connectivity index (χ0) is 13.1. The van der Waals surface area contributed by atoms with E-state index in [0.29, 0.717) is 5.75 Å². The fraction of sp³-hybridized carbons (Fsp3) is 0.400. The van der Waals surface area contributed by atoms with Gasteiger partial charge in [-0.15, -0.1) is 0 Å². The molecule has 7 heteroatoms. The van der Waals surface area contributed by atoms with E-state index in [1.165, 1.54) is 6.07 Å². The summed E-state index contributed by atoms with van der Waals surface area (Å²) in [6, 6.07) is 4.57. The van der Waals surface area contributed by atoms with Gasteiger partial charge in [0.05, 0.1) is 5.02 Å². The first kappa shape index (κ1) is 15.3. The Kier molecular flexibility index (Phi) is 5.79. The van der Waals surface area contributed by atoms with Crippen molar-refractivity contribution in [3.05, 3.63) is 27.7 Å². The van der Waals surface area contributed by atoms with Gasteiger partial charge in [0, 0.05) is 16.3 Å². The summed E-state index contributed by atoms with van der Waals surface area (Å²) in [5, 5.41) is 0.211. The molecule has 1 rings (SSSR count). The van der Waals surface area contributed by atoms with E-state index in [2.05, 4.69) is 20.7 Å². The molecule has 0 bridgehead atoms. The van der Waals surface area contributed by atoms with Crippen LogP contribution in [0.5, 0.6) is 0 Å². The van der Waals surface area contributed by atoms with Gasteiger partial charge in [-0.3, -0.25) is 0 Å². The maximum Gasteiger partial charge on any atom is 0.242 e. The van der Waals surface area contributed by atoms with Crippen LogP contribution in [0.2, 0.25) is 5.02 Å². The van der Waals surface area contributed by atoms with Gasteiger partial charge in [-0.1, -0.05) is 27.5 Å². The minimum Gasteiger partial charge on any atom is -0.207 e. The first-order valence-corrected chi connectivity index (χ1v) is 8.88. The Labute approximate surface area is 119 Å². The van der Waals surface area contributed by atoms with Crippen molar-refractivity contribution >= 4 is 49.3 Å². The molecule has 0 aromatic heterocycles. The van der Waals surface area contributed by atoms with E-state index in [-0.39, 0.29) is 16.0 Å². The summed E-state index contributed by atoms with van der Waals surface area (Å²) in [6.07, 6.45) is 1.93. The first-order chi connectivity index (χ1) is 7.86. The van der Waals surface area contributed by atoms with Gasteiger partial charge < -0.3 is 0 Å². The van der Waals surface area contributed by atoms with Gasteiger partial charge >= 0.3 is 0 Å². The van der Waals surface area contributed by atoms with Crippen LogP contribution in [-0.4, -0.2) is 26.5 Å². The van der Waals surface area contributed by atoms with Crippen molar-refractivity contribution in [2.24, 2.45) is 0 Å². The molecule has 0 amide bonds. The van der Waals surface area contributed by atoms with E-state index in [4.69, 9.17) is 11.6 Å². The molecule has 0 radical (unpaired) electrons. The van der Waals surface area contributed by atoms with Crippen molar-refractivity contribution in [2.45, 2.75) is 17.9 Å². The zero-order valence-corrected chi connectivity index (χ0v) is 13.4. The molecule has 0 aliphatic rings. The highest BCUT2D eigenvalue weighted by Crippen LogP contribution is 2.25. The summed E-state index contributed by atoms with van der Waals surface area (Å²) in [7, 11) is -3.55. The van der Waals surface area contributed by atoms with Gasteiger partial charge in [-0.05, 0) is 31.4 Å².